The van der Waals surface area contributed by atoms with Crippen LogP contribution < -0.4 is 11.1 Å². The molecule has 0 bridgehead atoms. The first-order chi connectivity index (χ1) is 13.1. The Morgan fingerprint density at radius 3 is 2.74 bits per heavy atom. The zero-order valence-electron chi connectivity index (χ0n) is 16.6. The maximum atomic E-state index is 6.18. The van der Waals surface area contributed by atoms with E-state index in [1.165, 1.54) is 29.7 Å². The maximum Gasteiger partial charge on any atom is 0.123 e. The van der Waals surface area contributed by atoms with E-state index >= 15 is 0 Å². The van der Waals surface area contributed by atoms with Crippen LogP contribution in [0.4, 0.5) is 5.82 Å². The highest BCUT2D eigenvalue weighted by atomic mass is 16.5. The number of nitrogens with one attached hydrogen (secondary N) is 1. The first-order valence-electron chi connectivity index (χ1n) is 10.1. The lowest BCUT2D eigenvalue weighted by Gasteiger charge is -2.19. The highest BCUT2D eigenvalue weighted by Crippen LogP contribution is 2.20. The third-order valence-electron chi connectivity index (χ3n) is 5.17. The number of aromatic nitrogens is 2. The van der Waals surface area contributed by atoms with E-state index < -0.39 is 0 Å². The minimum Gasteiger partial charge on any atom is -0.384 e. The number of pyridine rings is 2. The number of anilines is 1. The standard InChI is InChI=1S/C22H32N4O/c1-16-7-8-25-19(10-16)6-4-3-5-9-27-21-15-24-14-18(21)13-20-11-17(2)12-22(23)26-20/h7-8,10-12,18,21,24H,3-6,9,13-15H2,1-2H3,(H2,23,26)/t18-,21+/m1/s1. The summed E-state index contributed by atoms with van der Waals surface area (Å²) < 4.78 is 6.18. The van der Waals surface area contributed by atoms with Gasteiger partial charge in [0.15, 0.2) is 0 Å². The van der Waals surface area contributed by atoms with Gasteiger partial charge in [0.05, 0.1) is 6.10 Å². The molecule has 1 saturated heterocycles. The predicted molar refractivity (Wildman–Crippen MR) is 110 cm³/mol. The van der Waals surface area contributed by atoms with Gasteiger partial charge in [-0.3, -0.25) is 4.98 Å². The SMILES string of the molecule is Cc1ccnc(CCCCCO[C@H]2CNC[C@H]2Cc2cc(C)cc(N)n2)c1. The Labute approximate surface area is 162 Å². The molecule has 5 nitrogen and oxygen atoms in total. The Morgan fingerprint density at radius 1 is 1.07 bits per heavy atom. The number of nitrogens with zero attached hydrogens (tertiary/aromatic N) is 2. The summed E-state index contributed by atoms with van der Waals surface area (Å²) in [6, 6.07) is 8.27. The lowest BCUT2D eigenvalue weighted by Crippen LogP contribution is -2.25. The quantitative estimate of drug-likeness (QED) is 0.665. The van der Waals surface area contributed by atoms with E-state index in [2.05, 4.69) is 41.3 Å². The molecule has 3 heterocycles. The molecular weight excluding hydrogens is 336 g/mol. The fourth-order valence-electron chi connectivity index (χ4n) is 3.80. The van der Waals surface area contributed by atoms with Crippen LogP contribution in [0, 0.1) is 19.8 Å². The van der Waals surface area contributed by atoms with Crippen molar-refractivity contribution in [3.63, 3.8) is 0 Å². The molecule has 0 amide bonds. The highest BCUT2D eigenvalue weighted by molar-refractivity contribution is 5.34. The van der Waals surface area contributed by atoms with Crippen molar-refractivity contribution in [2.24, 2.45) is 5.92 Å². The number of hydrogen-bond acceptors (Lipinski definition) is 5. The second kappa shape index (κ2) is 9.81. The largest absolute Gasteiger partial charge is 0.384 e. The number of nitrogen functional groups attached to an aromatic ring is 1. The van der Waals surface area contributed by atoms with Crippen LogP contribution >= 0.6 is 0 Å². The summed E-state index contributed by atoms with van der Waals surface area (Å²) in [5.74, 6) is 1.08. The van der Waals surface area contributed by atoms with E-state index in [-0.39, 0.29) is 6.10 Å². The minimum atomic E-state index is 0.270. The molecule has 3 N–H and O–H groups in total. The zero-order chi connectivity index (χ0) is 19.1. The molecular formula is C22H32N4O. The lowest BCUT2D eigenvalue weighted by molar-refractivity contribution is 0.0354. The van der Waals surface area contributed by atoms with E-state index in [1.54, 1.807) is 0 Å². The van der Waals surface area contributed by atoms with Gasteiger partial charge in [-0.2, -0.15) is 0 Å². The van der Waals surface area contributed by atoms with E-state index in [4.69, 9.17) is 10.5 Å². The van der Waals surface area contributed by atoms with E-state index in [0.29, 0.717) is 11.7 Å². The van der Waals surface area contributed by atoms with Gasteiger partial charge in [0.1, 0.15) is 5.82 Å². The molecule has 1 aliphatic heterocycles. The van der Waals surface area contributed by atoms with Gasteiger partial charge in [0.25, 0.3) is 0 Å². The number of unbranched alkanes of at least 4 members (excludes halogenated alkanes) is 2. The molecule has 1 fully saturated rings. The molecule has 2 aromatic heterocycles. The smallest absolute Gasteiger partial charge is 0.123 e. The summed E-state index contributed by atoms with van der Waals surface area (Å²) in [5.41, 5.74) is 10.6. The van der Waals surface area contributed by atoms with E-state index in [0.717, 1.165) is 44.7 Å². The van der Waals surface area contributed by atoms with E-state index in [1.807, 2.05) is 18.3 Å². The molecule has 0 unspecified atom stereocenters. The number of ether oxygens (including phenoxy) is 1. The fraction of sp³-hybridized carbons (Fsp3) is 0.545. The molecule has 0 aromatic carbocycles. The Hall–Kier alpha value is -1.98. The number of hydrogen-bond donors (Lipinski definition) is 2. The normalized spacial score (nSPS) is 19.5. The molecule has 27 heavy (non-hydrogen) atoms. The Kier molecular flexibility index (Phi) is 7.18. The lowest BCUT2D eigenvalue weighted by atomic mass is 9.99. The van der Waals surface area contributed by atoms with Crippen molar-refractivity contribution in [3.8, 4) is 0 Å². The third kappa shape index (κ3) is 6.29. The number of rotatable bonds is 9. The third-order valence-corrected chi connectivity index (χ3v) is 5.17. The molecule has 0 radical (unpaired) electrons. The second-order valence-electron chi connectivity index (χ2n) is 7.73. The Bertz CT molecular complexity index is 714. The second-order valence-corrected chi connectivity index (χ2v) is 7.73. The topological polar surface area (TPSA) is 73.1 Å². The molecule has 2 aromatic rings. The van der Waals surface area contributed by atoms with Gasteiger partial charge in [-0.25, -0.2) is 4.98 Å². The summed E-state index contributed by atoms with van der Waals surface area (Å²) in [6.45, 7) is 6.92. The summed E-state index contributed by atoms with van der Waals surface area (Å²) in [6.07, 6.45) is 7.59. The summed E-state index contributed by atoms with van der Waals surface area (Å²) in [4.78, 5) is 8.90. The summed E-state index contributed by atoms with van der Waals surface area (Å²) >= 11 is 0. The summed E-state index contributed by atoms with van der Waals surface area (Å²) in [7, 11) is 0. The van der Waals surface area contributed by atoms with Crippen LogP contribution in [0.15, 0.2) is 30.5 Å². The molecule has 146 valence electrons. The average Bonchev–Trinajstić information content (AvgIpc) is 3.04. The van der Waals surface area contributed by atoms with Crippen LogP contribution in [0.2, 0.25) is 0 Å². The molecule has 5 heteroatoms. The van der Waals surface area contributed by atoms with Crippen LogP contribution in [-0.2, 0) is 17.6 Å². The minimum absolute atomic E-state index is 0.270. The van der Waals surface area contributed by atoms with Crippen LogP contribution in [-0.4, -0.2) is 35.8 Å². The van der Waals surface area contributed by atoms with Crippen LogP contribution in [0.25, 0.3) is 0 Å². The van der Waals surface area contributed by atoms with Crippen molar-refractivity contribution in [1.29, 1.82) is 0 Å². The first kappa shape index (κ1) is 19.8. The van der Waals surface area contributed by atoms with Crippen molar-refractivity contribution >= 4 is 5.82 Å². The fourth-order valence-corrected chi connectivity index (χ4v) is 3.80. The molecule has 3 rings (SSSR count). The van der Waals surface area contributed by atoms with Crippen LogP contribution in [0.5, 0.6) is 0 Å². The van der Waals surface area contributed by atoms with Crippen molar-refractivity contribution in [3.05, 3.63) is 53.0 Å². The first-order valence-corrected chi connectivity index (χ1v) is 10.1. The highest BCUT2D eigenvalue weighted by Gasteiger charge is 2.28. The van der Waals surface area contributed by atoms with E-state index in [9.17, 15) is 0 Å². The average molecular weight is 369 g/mol. The van der Waals surface area contributed by atoms with Gasteiger partial charge < -0.3 is 15.8 Å². The molecule has 0 saturated carbocycles. The molecule has 2 atom stereocenters. The predicted octanol–water partition coefficient (Wildman–Crippen LogP) is 3.24. The Morgan fingerprint density at radius 2 is 1.93 bits per heavy atom. The van der Waals surface area contributed by atoms with Gasteiger partial charge in [-0.1, -0.05) is 6.42 Å². The maximum absolute atomic E-state index is 6.18. The number of nitrogens with two attached hydrogens (primary N) is 1. The van der Waals surface area contributed by atoms with Crippen LogP contribution in [0.1, 0.15) is 41.8 Å². The zero-order valence-corrected chi connectivity index (χ0v) is 16.6. The van der Waals surface area contributed by atoms with Gasteiger partial charge in [-0.05, 0) is 74.9 Å². The Balaban J connectivity index is 1.36. The van der Waals surface area contributed by atoms with Gasteiger partial charge >= 0.3 is 0 Å². The molecule has 1 aliphatic rings. The monoisotopic (exact) mass is 368 g/mol. The molecule has 0 aliphatic carbocycles. The van der Waals surface area contributed by atoms with Crippen molar-refractivity contribution in [1.82, 2.24) is 15.3 Å². The molecule has 0 spiro atoms. The van der Waals surface area contributed by atoms with Crippen molar-refractivity contribution in [2.75, 3.05) is 25.4 Å². The van der Waals surface area contributed by atoms with Crippen LogP contribution in [0.3, 0.4) is 0 Å². The van der Waals surface area contributed by atoms with Gasteiger partial charge in [0.2, 0.25) is 0 Å². The van der Waals surface area contributed by atoms with Crippen molar-refractivity contribution < 1.29 is 4.74 Å². The van der Waals surface area contributed by atoms with Gasteiger partial charge in [0, 0.05) is 43.2 Å². The van der Waals surface area contributed by atoms with Gasteiger partial charge in [-0.15, -0.1) is 0 Å². The summed E-state index contributed by atoms with van der Waals surface area (Å²) in [5, 5.41) is 3.46. The van der Waals surface area contributed by atoms with Crippen molar-refractivity contribution in [2.45, 2.75) is 52.1 Å². The number of aryl methyl sites for hydroxylation is 3.